The summed E-state index contributed by atoms with van der Waals surface area (Å²) in [5.41, 5.74) is 5.61. The fourth-order valence-corrected chi connectivity index (χ4v) is 2.11. The van der Waals surface area contributed by atoms with E-state index in [1.54, 1.807) is 11.0 Å². The topological polar surface area (TPSA) is 82.5 Å². The van der Waals surface area contributed by atoms with Crippen LogP contribution in [-0.2, 0) is 0 Å². The molecule has 0 amide bonds. The lowest BCUT2D eigenvalue weighted by molar-refractivity contribution is 0.852. The van der Waals surface area contributed by atoms with Crippen LogP contribution in [0.5, 0.6) is 0 Å². The molecule has 3 rings (SSSR count). The SMILES string of the molecule is Nc1nc(-n2cncn2)c2ccsc2n1. The average Bonchev–Trinajstić information content (AvgIpc) is 2.86. The van der Waals surface area contributed by atoms with Gasteiger partial charge in [0.15, 0.2) is 5.82 Å². The van der Waals surface area contributed by atoms with E-state index in [2.05, 4.69) is 20.1 Å². The van der Waals surface area contributed by atoms with E-state index in [-0.39, 0.29) is 5.95 Å². The maximum Gasteiger partial charge on any atom is 0.223 e. The fourth-order valence-electron chi connectivity index (χ4n) is 1.35. The highest BCUT2D eigenvalue weighted by atomic mass is 32.1. The quantitative estimate of drug-likeness (QED) is 0.654. The van der Waals surface area contributed by atoms with Gasteiger partial charge in [-0.2, -0.15) is 10.1 Å². The maximum absolute atomic E-state index is 5.61. The molecule has 0 bridgehead atoms. The molecule has 0 spiro atoms. The first-order valence-corrected chi connectivity index (χ1v) is 5.08. The van der Waals surface area contributed by atoms with Gasteiger partial charge >= 0.3 is 0 Å². The standard InChI is InChI=1S/C8H6N6S/c9-8-12-6(14-4-10-3-11-14)5-1-2-15-7(5)13-8/h1-4H,(H2,9,12,13). The molecule has 0 radical (unpaired) electrons. The van der Waals surface area contributed by atoms with E-state index in [0.29, 0.717) is 5.82 Å². The summed E-state index contributed by atoms with van der Waals surface area (Å²) in [5, 5.41) is 6.90. The third kappa shape index (κ3) is 1.24. The molecule has 3 aromatic rings. The molecule has 0 aliphatic rings. The van der Waals surface area contributed by atoms with Gasteiger partial charge in [-0.3, -0.25) is 0 Å². The predicted octanol–water partition coefficient (Wildman–Crippen LogP) is 0.854. The van der Waals surface area contributed by atoms with Gasteiger partial charge in [-0.05, 0) is 11.4 Å². The molecule has 0 saturated heterocycles. The van der Waals surface area contributed by atoms with Crippen LogP contribution in [-0.4, -0.2) is 24.7 Å². The van der Waals surface area contributed by atoms with Gasteiger partial charge in [0.05, 0.1) is 5.39 Å². The molecule has 0 atom stereocenters. The summed E-state index contributed by atoms with van der Waals surface area (Å²) in [6.07, 6.45) is 3.04. The minimum absolute atomic E-state index is 0.246. The van der Waals surface area contributed by atoms with E-state index in [9.17, 15) is 0 Å². The van der Waals surface area contributed by atoms with Crippen molar-refractivity contribution >= 4 is 27.5 Å². The molecule has 6 nitrogen and oxygen atoms in total. The van der Waals surface area contributed by atoms with Crippen LogP contribution in [0.25, 0.3) is 16.0 Å². The summed E-state index contributed by atoms with van der Waals surface area (Å²) < 4.78 is 1.58. The Hall–Kier alpha value is -2.02. The molecular formula is C8H6N6S. The minimum Gasteiger partial charge on any atom is -0.368 e. The van der Waals surface area contributed by atoms with Crippen molar-refractivity contribution in [3.8, 4) is 5.82 Å². The molecule has 0 aliphatic heterocycles. The predicted molar refractivity (Wildman–Crippen MR) is 56.7 cm³/mol. The Labute approximate surface area is 88.4 Å². The molecule has 0 unspecified atom stereocenters. The molecule has 2 N–H and O–H groups in total. The van der Waals surface area contributed by atoms with Crippen LogP contribution in [0.4, 0.5) is 5.95 Å². The number of nitrogen functional groups attached to an aromatic ring is 1. The van der Waals surface area contributed by atoms with Crippen molar-refractivity contribution in [3.05, 3.63) is 24.1 Å². The van der Waals surface area contributed by atoms with Gasteiger partial charge in [-0.15, -0.1) is 11.3 Å². The van der Waals surface area contributed by atoms with Crippen molar-refractivity contribution in [2.45, 2.75) is 0 Å². The summed E-state index contributed by atoms with van der Waals surface area (Å²) in [6, 6.07) is 1.94. The van der Waals surface area contributed by atoms with E-state index >= 15 is 0 Å². The number of fused-ring (bicyclic) bond motifs is 1. The van der Waals surface area contributed by atoms with Gasteiger partial charge in [-0.25, -0.2) is 14.6 Å². The van der Waals surface area contributed by atoms with Gasteiger partial charge in [0, 0.05) is 0 Å². The third-order valence-electron chi connectivity index (χ3n) is 1.96. The summed E-state index contributed by atoms with van der Waals surface area (Å²) in [4.78, 5) is 13.0. The van der Waals surface area contributed by atoms with Gasteiger partial charge in [0.2, 0.25) is 5.95 Å². The normalized spacial score (nSPS) is 10.9. The smallest absolute Gasteiger partial charge is 0.223 e. The van der Waals surface area contributed by atoms with Crippen LogP contribution in [0.1, 0.15) is 0 Å². The second-order valence-corrected chi connectivity index (χ2v) is 3.78. The zero-order valence-electron chi connectivity index (χ0n) is 7.53. The number of thiophene rings is 1. The Balaban J connectivity index is 2.38. The van der Waals surface area contributed by atoms with Crippen LogP contribution in [0.15, 0.2) is 24.1 Å². The fraction of sp³-hybridized carbons (Fsp3) is 0. The van der Waals surface area contributed by atoms with Crippen molar-refractivity contribution in [2.75, 3.05) is 5.73 Å². The van der Waals surface area contributed by atoms with Gasteiger partial charge in [0.1, 0.15) is 17.5 Å². The molecule has 0 aliphatic carbocycles. The molecule has 0 aromatic carbocycles. The first-order chi connectivity index (χ1) is 7.34. The van der Waals surface area contributed by atoms with E-state index in [4.69, 9.17) is 5.73 Å². The van der Waals surface area contributed by atoms with Crippen LogP contribution >= 0.6 is 11.3 Å². The van der Waals surface area contributed by atoms with Crippen molar-refractivity contribution < 1.29 is 0 Å². The number of nitrogens with zero attached hydrogens (tertiary/aromatic N) is 5. The molecule has 3 heterocycles. The summed E-state index contributed by atoms with van der Waals surface area (Å²) in [5.74, 6) is 0.909. The molecule has 0 fully saturated rings. The zero-order valence-corrected chi connectivity index (χ0v) is 8.35. The highest BCUT2D eigenvalue weighted by molar-refractivity contribution is 7.16. The maximum atomic E-state index is 5.61. The summed E-state index contributed by atoms with van der Waals surface area (Å²) in [6.45, 7) is 0. The number of hydrogen-bond acceptors (Lipinski definition) is 6. The van der Waals surface area contributed by atoms with Crippen molar-refractivity contribution in [2.24, 2.45) is 0 Å². The molecular weight excluding hydrogens is 212 g/mol. The van der Waals surface area contributed by atoms with Gasteiger partial charge in [-0.1, -0.05) is 0 Å². The Morgan fingerprint density at radius 1 is 1.33 bits per heavy atom. The van der Waals surface area contributed by atoms with E-state index in [0.717, 1.165) is 10.2 Å². The first kappa shape index (κ1) is 8.30. The second-order valence-electron chi connectivity index (χ2n) is 2.88. The number of aromatic nitrogens is 5. The molecule has 7 heteroatoms. The number of hydrogen-bond donors (Lipinski definition) is 1. The number of rotatable bonds is 1. The van der Waals surface area contributed by atoms with Crippen LogP contribution in [0.3, 0.4) is 0 Å². The Bertz CT molecular complexity index is 599. The van der Waals surface area contributed by atoms with Gasteiger partial charge in [0.25, 0.3) is 0 Å². The number of nitrogens with two attached hydrogens (primary N) is 1. The van der Waals surface area contributed by atoms with Crippen LogP contribution < -0.4 is 5.73 Å². The molecule has 0 saturated carbocycles. The van der Waals surface area contributed by atoms with E-state index in [1.165, 1.54) is 17.7 Å². The zero-order chi connectivity index (χ0) is 10.3. The lowest BCUT2D eigenvalue weighted by atomic mass is 10.4. The largest absolute Gasteiger partial charge is 0.368 e. The molecule has 74 valence electrons. The minimum atomic E-state index is 0.246. The van der Waals surface area contributed by atoms with Crippen molar-refractivity contribution in [1.82, 2.24) is 24.7 Å². The van der Waals surface area contributed by atoms with E-state index in [1.807, 2.05) is 11.4 Å². The summed E-state index contributed by atoms with van der Waals surface area (Å²) in [7, 11) is 0. The Morgan fingerprint density at radius 3 is 3.07 bits per heavy atom. The van der Waals surface area contributed by atoms with E-state index < -0.39 is 0 Å². The Morgan fingerprint density at radius 2 is 2.27 bits per heavy atom. The lowest BCUT2D eigenvalue weighted by Crippen LogP contribution is -2.03. The highest BCUT2D eigenvalue weighted by Crippen LogP contribution is 2.23. The molecule has 15 heavy (non-hydrogen) atoms. The Kier molecular flexibility index (Phi) is 1.65. The highest BCUT2D eigenvalue weighted by Gasteiger charge is 2.09. The lowest BCUT2D eigenvalue weighted by Gasteiger charge is -2.01. The van der Waals surface area contributed by atoms with Crippen LogP contribution in [0, 0.1) is 0 Å². The number of anilines is 1. The van der Waals surface area contributed by atoms with Crippen molar-refractivity contribution in [3.63, 3.8) is 0 Å². The summed E-state index contributed by atoms with van der Waals surface area (Å²) >= 11 is 1.52. The average molecular weight is 218 g/mol. The van der Waals surface area contributed by atoms with Gasteiger partial charge < -0.3 is 5.73 Å². The van der Waals surface area contributed by atoms with Crippen molar-refractivity contribution in [1.29, 1.82) is 0 Å². The monoisotopic (exact) mass is 218 g/mol. The molecule has 3 aromatic heterocycles. The van der Waals surface area contributed by atoms with Crippen LogP contribution in [0.2, 0.25) is 0 Å². The third-order valence-corrected chi connectivity index (χ3v) is 2.76. The first-order valence-electron chi connectivity index (χ1n) is 4.20. The second kappa shape index (κ2) is 2.99.